The van der Waals surface area contributed by atoms with E-state index in [9.17, 15) is 9.59 Å². The molecule has 4 atom stereocenters. The molecule has 1 amide bonds. The van der Waals surface area contributed by atoms with Crippen LogP contribution in [0.15, 0.2) is 53.0 Å². The number of rotatable bonds is 2. The van der Waals surface area contributed by atoms with E-state index in [0.29, 0.717) is 13.0 Å². The zero-order chi connectivity index (χ0) is 23.9. The number of hydrogen-bond acceptors (Lipinski definition) is 4. The molecule has 3 aliphatic heterocycles. The Morgan fingerprint density at radius 3 is 2.56 bits per heavy atom. The normalized spacial score (nSPS) is 34.3. The third kappa shape index (κ3) is 2.68. The standard InChI is InChI=1S/C28H31BrN2O3/c1-18-9-7-12-20-15-28(34-31(18)20)23(32)16-27(26(28,2)3)21-13-8-14-22(29)24(21)30(25(27)33)17-19-10-5-4-6-11-19/h4-6,8,10-11,13-14,18,20H,7,9,12,15-17H2,1-3H3/t18-,20+,27-,28+/m0/s1. The molecular weight excluding hydrogens is 492 g/mol. The molecule has 2 aromatic rings. The number of carbonyl (C=O) groups excluding carboxylic acids is 2. The SMILES string of the molecule is C[C@H]1CCC[C@@H]2C[C@@]3(ON21)C(=O)C[C@]1(C(=O)N(Cc2ccccc2)c2c(Br)cccc21)C3(C)C. The van der Waals surface area contributed by atoms with Crippen LogP contribution in [0.25, 0.3) is 0 Å². The lowest BCUT2D eigenvalue weighted by Gasteiger charge is -2.44. The van der Waals surface area contributed by atoms with Crippen molar-refractivity contribution in [2.24, 2.45) is 5.41 Å². The van der Waals surface area contributed by atoms with Crippen molar-refractivity contribution >= 4 is 33.3 Å². The summed E-state index contributed by atoms with van der Waals surface area (Å²) in [5.74, 6) is 0.0786. The van der Waals surface area contributed by atoms with Crippen molar-refractivity contribution in [3.8, 4) is 0 Å². The van der Waals surface area contributed by atoms with Crippen molar-refractivity contribution in [3.05, 3.63) is 64.1 Å². The second-order valence-electron chi connectivity index (χ2n) is 11.1. The van der Waals surface area contributed by atoms with E-state index in [-0.39, 0.29) is 30.2 Å². The fourth-order valence-corrected chi connectivity index (χ4v) is 7.85. The van der Waals surface area contributed by atoms with Gasteiger partial charge in [0.2, 0.25) is 5.91 Å². The van der Waals surface area contributed by atoms with Crippen LogP contribution in [0.4, 0.5) is 5.69 Å². The maximum Gasteiger partial charge on any atom is 0.239 e. The Morgan fingerprint density at radius 1 is 1.06 bits per heavy atom. The lowest BCUT2D eigenvalue weighted by atomic mass is 9.59. The van der Waals surface area contributed by atoms with Crippen LogP contribution in [0.5, 0.6) is 0 Å². The minimum absolute atomic E-state index is 0.00926. The van der Waals surface area contributed by atoms with Gasteiger partial charge < -0.3 is 4.90 Å². The predicted molar refractivity (Wildman–Crippen MR) is 134 cm³/mol. The van der Waals surface area contributed by atoms with E-state index in [1.807, 2.05) is 53.4 Å². The highest BCUT2D eigenvalue weighted by Crippen LogP contribution is 2.67. The van der Waals surface area contributed by atoms with E-state index >= 15 is 0 Å². The van der Waals surface area contributed by atoms with Crippen molar-refractivity contribution in [2.75, 3.05) is 4.90 Å². The Kier molecular flexibility index (Phi) is 4.94. The second kappa shape index (κ2) is 7.49. The molecule has 0 radical (unpaired) electrons. The minimum Gasteiger partial charge on any atom is -0.306 e. The van der Waals surface area contributed by atoms with Gasteiger partial charge in [-0.3, -0.25) is 14.4 Å². The summed E-state index contributed by atoms with van der Waals surface area (Å²) in [5, 5.41) is 2.09. The lowest BCUT2D eigenvalue weighted by molar-refractivity contribution is -0.249. The molecule has 6 rings (SSSR count). The molecule has 34 heavy (non-hydrogen) atoms. The van der Waals surface area contributed by atoms with Crippen LogP contribution in [0.1, 0.15) is 64.0 Å². The molecule has 0 unspecified atom stereocenters. The number of hydroxylamine groups is 2. The van der Waals surface area contributed by atoms with Gasteiger partial charge in [-0.25, -0.2) is 0 Å². The molecule has 0 bridgehead atoms. The Bertz CT molecular complexity index is 1180. The summed E-state index contributed by atoms with van der Waals surface area (Å²) in [7, 11) is 0. The number of para-hydroxylation sites is 1. The van der Waals surface area contributed by atoms with Crippen LogP contribution in [-0.4, -0.2) is 34.4 Å². The van der Waals surface area contributed by atoms with Crippen LogP contribution >= 0.6 is 15.9 Å². The smallest absolute Gasteiger partial charge is 0.239 e. The topological polar surface area (TPSA) is 49.9 Å². The Balaban J connectivity index is 1.49. The molecule has 6 heteroatoms. The molecule has 0 N–H and O–H groups in total. The van der Waals surface area contributed by atoms with E-state index in [1.165, 1.54) is 0 Å². The first-order chi connectivity index (χ1) is 16.2. The number of piperidine rings is 1. The summed E-state index contributed by atoms with van der Waals surface area (Å²) >= 11 is 3.73. The van der Waals surface area contributed by atoms with Gasteiger partial charge in [0.05, 0.1) is 17.6 Å². The highest BCUT2D eigenvalue weighted by molar-refractivity contribution is 9.10. The van der Waals surface area contributed by atoms with Gasteiger partial charge in [0.1, 0.15) is 0 Å². The number of Topliss-reactive ketones (excluding diaryl/α,β-unsaturated/α-hetero) is 1. The fourth-order valence-electron chi connectivity index (χ4n) is 7.27. The average molecular weight is 523 g/mol. The van der Waals surface area contributed by atoms with Gasteiger partial charge in [-0.15, -0.1) is 0 Å². The fraction of sp³-hybridized carbons (Fsp3) is 0.500. The molecule has 178 valence electrons. The summed E-state index contributed by atoms with van der Waals surface area (Å²) in [6.07, 6.45) is 4.12. The van der Waals surface area contributed by atoms with Gasteiger partial charge in [0.15, 0.2) is 11.4 Å². The minimum atomic E-state index is -0.978. The summed E-state index contributed by atoms with van der Waals surface area (Å²) in [6, 6.07) is 16.6. The van der Waals surface area contributed by atoms with Gasteiger partial charge in [0, 0.05) is 34.8 Å². The van der Waals surface area contributed by atoms with Crippen LogP contribution in [-0.2, 0) is 26.4 Å². The Labute approximate surface area is 209 Å². The molecule has 4 aliphatic rings. The van der Waals surface area contributed by atoms with E-state index < -0.39 is 16.4 Å². The van der Waals surface area contributed by atoms with Crippen molar-refractivity contribution in [1.82, 2.24) is 5.06 Å². The number of anilines is 1. The van der Waals surface area contributed by atoms with Crippen LogP contribution in [0.2, 0.25) is 0 Å². The maximum absolute atomic E-state index is 14.5. The number of amides is 1. The number of halogens is 1. The van der Waals surface area contributed by atoms with Gasteiger partial charge in [-0.2, -0.15) is 5.06 Å². The molecule has 5 nitrogen and oxygen atoms in total. The van der Waals surface area contributed by atoms with Crippen molar-refractivity contribution < 1.29 is 14.4 Å². The largest absolute Gasteiger partial charge is 0.306 e. The molecule has 2 spiro atoms. The number of fused-ring (bicyclic) bond motifs is 3. The first-order valence-corrected chi connectivity index (χ1v) is 13.2. The summed E-state index contributed by atoms with van der Waals surface area (Å²) in [4.78, 5) is 37.1. The molecular formula is C28H31BrN2O3. The average Bonchev–Trinajstić information content (AvgIpc) is 3.38. The van der Waals surface area contributed by atoms with Gasteiger partial charge in [0.25, 0.3) is 0 Å². The Morgan fingerprint density at radius 2 is 1.82 bits per heavy atom. The highest BCUT2D eigenvalue weighted by Gasteiger charge is 2.77. The van der Waals surface area contributed by atoms with Gasteiger partial charge in [-0.1, -0.05) is 62.7 Å². The van der Waals surface area contributed by atoms with E-state index in [1.54, 1.807) is 0 Å². The number of carbonyl (C=O) groups is 2. The molecule has 2 aromatic carbocycles. The van der Waals surface area contributed by atoms with Gasteiger partial charge in [-0.05, 0) is 52.9 Å². The molecule has 2 saturated heterocycles. The summed E-state index contributed by atoms with van der Waals surface area (Å²) < 4.78 is 0.883. The van der Waals surface area contributed by atoms with E-state index in [4.69, 9.17) is 4.84 Å². The molecule has 0 aromatic heterocycles. The zero-order valence-corrected chi connectivity index (χ0v) is 21.6. The van der Waals surface area contributed by atoms with E-state index in [0.717, 1.165) is 40.5 Å². The number of nitrogens with zero attached hydrogens (tertiary/aromatic N) is 2. The Hall–Kier alpha value is -2.02. The summed E-state index contributed by atoms with van der Waals surface area (Å²) in [6.45, 7) is 6.84. The quantitative estimate of drug-likeness (QED) is 0.518. The first-order valence-electron chi connectivity index (χ1n) is 12.4. The molecule has 3 heterocycles. The van der Waals surface area contributed by atoms with Crippen LogP contribution in [0.3, 0.4) is 0 Å². The lowest BCUT2D eigenvalue weighted by Crippen LogP contribution is -2.56. The molecule has 1 saturated carbocycles. The summed E-state index contributed by atoms with van der Waals surface area (Å²) in [5.41, 5.74) is 0.267. The second-order valence-corrected chi connectivity index (χ2v) is 11.9. The van der Waals surface area contributed by atoms with E-state index in [2.05, 4.69) is 41.8 Å². The number of hydrogen-bond donors (Lipinski definition) is 0. The third-order valence-corrected chi connectivity index (χ3v) is 9.84. The van der Waals surface area contributed by atoms with Crippen LogP contribution in [0, 0.1) is 5.41 Å². The first kappa shape index (κ1) is 22.4. The zero-order valence-electron chi connectivity index (χ0n) is 20.0. The predicted octanol–water partition coefficient (Wildman–Crippen LogP) is 5.55. The number of benzene rings is 2. The monoisotopic (exact) mass is 522 g/mol. The third-order valence-electron chi connectivity index (χ3n) is 9.20. The molecule has 3 fully saturated rings. The van der Waals surface area contributed by atoms with Crippen LogP contribution < -0.4 is 4.90 Å². The van der Waals surface area contributed by atoms with Crippen molar-refractivity contribution in [2.45, 2.75) is 82.5 Å². The van der Waals surface area contributed by atoms with Crippen molar-refractivity contribution in [3.63, 3.8) is 0 Å². The van der Waals surface area contributed by atoms with Crippen molar-refractivity contribution in [1.29, 1.82) is 0 Å². The van der Waals surface area contributed by atoms with Gasteiger partial charge >= 0.3 is 0 Å². The molecule has 1 aliphatic carbocycles. The maximum atomic E-state index is 14.5. The highest BCUT2D eigenvalue weighted by atomic mass is 79.9. The number of ketones is 1.